The molecule has 9 aromatic rings. The van der Waals surface area contributed by atoms with E-state index in [-0.39, 0.29) is 9.10 Å². The van der Waals surface area contributed by atoms with Crippen LogP contribution >= 0.6 is 58.2 Å². The summed E-state index contributed by atoms with van der Waals surface area (Å²) in [5.74, 6) is 0. The van der Waals surface area contributed by atoms with Crippen molar-refractivity contribution in [3.05, 3.63) is 196 Å². The van der Waals surface area contributed by atoms with Gasteiger partial charge in [-0.2, -0.15) is 0 Å². The number of halogens is 1. The molecule has 0 radical (unpaired) electrons. The quantitative estimate of drug-likeness (QED) is 0.132. The summed E-state index contributed by atoms with van der Waals surface area (Å²) >= 11 is 13.3. The summed E-state index contributed by atoms with van der Waals surface area (Å²) in [6.45, 7) is 13.8. The van der Waals surface area contributed by atoms with Crippen molar-refractivity contribution in [1.29, 1.82) is 0 Å². The standard InChI is InChI=1S/C15H9NO2S2.C15H13NO2S2.C10H8S.C5H2ClNS/c1-16-14-8-9-15(19-14)20(17,18)13-7-6-11-4-2-3-5-12(11)10-13;16-10-13-6-8-15(19-13)20(17,18)14-7-5-11-3-1-2-4-12(11)9-14;11-10-6-5-8-3-1-2-4-9(8)7-10;1-7-5-3-2-4(6)8-5/h2-10H;1-9H,10,16H2;1-7,11H;2-3H. The van der Waals surface area contributed by atoms with Crippen LogP contribution in [0.15, 0.2) is 187 Å². The van der Waals surface area contributed by atoms with Gasteiger partial charge in [0.2, 0.25) is 29.7 Å². The highest BCUT2D eigenvalue weighted by molar-refractivity contribution is 7.94. The van der Waals surface area contributed by atoms with Crippen molar-refractivity contribution in [2.45, 2.75) is 29.6 Å². The molecule has 0 atom stereocenters. The highest BCUT2D eigenvalue weighted by atomic mass is 35.5. The summed E-state index contributed by atoms with van der Waals surface area (Å²) in [6.07, 6.45) is 0. The van der Waals surface area contributed by atoms with Crippen LogP contribution in [-0.2, 0) is 26.2 Å². The molecule has 9 rings (SSSR count). The smallest absolute Gasteiger partial charge is 0.242 e. The van der Waals surface area contributed by atoms with Crippen LogP contribution < -0.4 is 5.73 Å². The van der Waals surface area contributed by atoms with Gasteiger partial charge in [0.1, 0.15) is 8.42 Å². The number of thiol groups is 1. The molecule has 0 unspecified atom stereocenters. The normalized spacial score (nSPS) is 10.9. The Morgan fingerprint density at radius 3 is 1.36 bits per heavy atom. The Morgan fingerprint density at radius 2 is 0.932 bits per heavy atom. The highest BCUT2D eigenvalue weighted by Gasteiger charge is 2.21. The van der Waals surface area contributed by atoms with Crippen LogP contribution in [0.2, 0.25) is 4.34 Å². The van der Waals surface area contributed by atoms with Gasteiger partial charge in [0.25, 0.3) is 0 Å². The molecule has 0 fully saturated rings. The molecule has 59 heavy (non-hydrogen) atoms. The molecule has 6 aromatic carbocycles. The molecule has 0 aliphatic rings. The van der Waals surface area contributed by atoms with Gasteiger partial charge in [-0.3, -0.25) is 0 Å². The summed E-state index contributed by atoms with van der Waals surface area (Å²) in [6, 6.07) is 49.9. The monoisotopic (exact) mass is 905 g/mol. The van der Waals surface area contributed by atoms with E-state index < -0.39 is 19.7 Å². The first-order valence-electron chi connectivity index (χ1n) is 17.5. The van der Waals surface area contributed by atoms with E-state index in [9.17, 15) is 16.8 Å². The molecule has 0 spiro atoms. The number of sulfone groups is 2. The molecule has 0 saturated carbocycles. The second-order valence-electron chi connectivity index (χ2n) is 12.4. The topological polar surface area (TPSA) is 103 Å². The minimum absolute atomic E-state index is 0.207. The summed E-state index contributed by atoms with van der Waals surface area (Å²) in [7, 11) is -7.00. The number of hydrogen-bond donors (Lipinski definition) is 2. The van der Waals surface area contributed by atoms with Crippen LogP contribution in [0.25, 0.3) is 42.0 Å². The highest BCUT2D eigenvalue weighted by Crippen LogP contribution is 2.34. The average molecular weight is 907 g/mol. The van der Waals surface area contributed by atoms with Crippen LogP contribution in [0.1, 0.15) is 4.88 Å². The van der Waals surface area contributed by atoms with E-state index in [1.165, 1.54) is 45.6 Å². The van der Waals surface area contributed by atoms with Gasteiger partial charge < -0.3 is 5.73 Å². The van der Waals surface area contributed by atoms with E-state index in [0.29, 0.717) is 30.0 Å². The fourth-order valence-electron chi connectivity index (χ4n) is 5.57. The van der Waals surface area contributed by atoms with Crippen LogP contribution in [0.3, 0.4) is 0 Å². The van der Waals surface area contributed by atoms with E-state index in [4.69, 9.17) is 30.5 Å². The van der Waals surface area contributed by atoms with Crippen molar-refractivity contribution < 1.29 is 16.8 Å². The van der Waals surface area contributed by atoms with E-state index in [2.05, 4.69) is 46.6 Å². The largest absolute Gasteiger partial charge is 0.326 e. The lowest BCUT2D eigenvalue weighted by Crippen LogP contribution is -1.99. The molecule has 0 saturated heterocycles. The second-order valence-corrected chi connectivity index (χ2v) is 21.2. The third kappa shape index (κ3) is 10.8. The molecule has 3 aromatic heterocycles. The molecule has 3 heterocycles. The number of nitrogens with two attached hydrogens (primary N) is 1. The summed E-state index contributed by atoms with van der Waals surface area (Å²) in [4.78, 5) is 8.89. The molecule has 0 aliphatic carbocycles. The third-order valence-corrected chi connectivity index (χ3v) is 16.5. The molecule has 0 bridgehead atoms. The summed E-state index contributed by atoms with van der Waals surface area (Å²) in [5.41, 5.74) is 5.54. The van der Waals surface area contributed by atoms with Gasteiger partial charge >= 0.3 is 0 Å². The number of nitrogens with zero attached hydrogens (tertiary/aromatic N) is 2. The molecule has 7 nitrogen and oxygen atoms in total. The van der Waals surface area contributed by atoms with Crippen molar-refractivity contribution >= 4 is 120 Å². The van der Waals surface area contributed by atoms with Crippen molar-refractivity contribution in [2.75, 3.05) is 0 Å². The van der Waals surface area contributed by atoms with Crippen molar-refractivity contribution in [2.24, 2.45) is 5.73 Å². The van der Waals surface area contributed by atoms with Gasteiger partial charge in [-0.05, 0) is 105 Å². The summed E-state index contributed by atoms with van der Waals surface area (Å²) < 4.78 is 51.4. The van der Waals surface area contributed by atoms with E-state index in [1.807, 2.05) is 72.8 Å². The first-order valence-corrected chi connectivity index (χ1v) is 23.7. The average Bonchev–Trinajstić information content (AvgIpc) is 4.06. The first kappa shape index (κ1) is 43.3. The predicted molar refractivity (Wildman–Crippen MR) is 248 cm³/mol. The number of benzene rings is 6. The maximum absolute atomic E-state index is 12.6. The van der Waals surface area contributed by atoms with Crippen molar-refractivity contribution in [3.8, 4) is 0 Å². The second kappa shape index (κ2) is 19.6. The lowest BCUT2D eigenvalue weighted by Gasteiger charge is -2.04. The van der Waals surface area contributed by atoms with Crippen molar-refractivity contribution in [3.63, 3.8) is 0 Å². The lowest BCUT2D eigenvalue weighted by atomic mass is 10.1. The maximum Gasteiger partial charge on any atom is 0.242 e. The fourth-order valence-corrected chi connectivity index (χ4v) is 11.8. The molecule has 294 valence electrons. The zero-order valence-corrected chi connectivity index (χ0v) is 36.5. The Bertz CT molecular complexity index is 3220. The van der Waals surface area contributed by atoms with Gasteiger partial charge in [0.05, 0.1) is 27.3 Å². The van der Waals surface area contributed by atoms with E-state index >= 15 is 0 Å². The van der Waals surface area contributed by atoms with Gasteiger partial charge in [-0.15, -0.1) is 46.6 Å². The van der Waals surface area contributed by atoms with E-state index in [1.54, 1.807) is 54.6 Å². The number of thiophene rings is 3. The molecular formula is C45H32ClN3O4S6. The Hall–Kier alpha value is -5.32. The molecule has 14 heteroatoms. The van der Waals surface area contributed by atoms with Gasteiger partial charge in [0, 0.05) is 16.3 Å². The number of fused-ring (bicyclic) bond motifs is 3. The van der Waals surface area contributed by atoms with Gasteiger partial charge in [-0.1, -0.05) is 103 Å². The minimum Gasteiger partial charge on any atom is -0.326 e. The first-order chi connectivity index (χ1) is 28.4. The van der Waals surface area contributed by atoms with Crippen LogP contribution in [0, 0.1) is 13.1 Å². The molecule has 0 aliphatic heterocycles. The Balaban J connectivity index is 0.000000140. The Kier molecular flexibility index (Phi) is 14.4. The van der Waals surface area contributed by atoms with Gasteiger partial charge in [0.15, 0.2) is 0 Å². The lowest BCUT2D eigenvalue weighted by molar-refractivity contribution is 0.596. The Labute approximate surface area is 365 Å². The maximum atomic E-state index is 12.6. The zero-order valence-electron chi connectivity index (χ0n) is 30.8. The van der Waals surface area contributed by atoms with E-state index in [0.717, 1.165) is 42.7 Å². The molecular weight excluding hydrogens is 874 g/mol. The fraction of sp³-hybridized carbons (Fsp3) is 0.0222. The van der Waals surface area contributed by atoms with Crippen LogP contribution in [0.5, 0.6) is 0 Å². The predicted octanol–water partition coefficient (Wildman–Crippen LogP) is 13.6. The SMILES string of the molecule is NCc1ccc(S(=O)(=O)c2ccc3ccccc3c2)s1.Sc1ccc2ccccc2c1.[C-]#[N+]c1ccc(Cl)s1.[C-]#[N+]c1ccc(S(=O)(=O)c2ccc3ccccc3c2)s1. The van der Waals surface area contributed by atoms with Crippen molar-refractivity contribution in [1.82, 2.24) is 0 Å². The zero-order chi connectivity index (χ0) is 42.0. The molecule has 2 N–H and O–H groups in total. The third-order valence-electron chi connectivity index (χ3n) is 8.51. The Morgan fingerprint density at radius 1 is 0.508 bits per heavy atom. The molecule has 0 amide bonds. The minimum atomic E-state index is -3.54. The van der Waals surface area contributed by atoms with Crippen LogP contribution in [-0.4, -0.2) is 16.8 Å². The summed E-state index contributed by atoms with van der Waals surface area (Å²) in [5, 5.41) is 7.38. The van der Waals surface area contributed by atoms with Gasteiger partial charge in [-0.25, -0.2) is 26.5 Å². The number of rotatable bonds is 5. The number of hydrogen-bond acceptors (Lipinski definition) is 9. The van der Waals surface area contributed by atoms with Crippen LogP contribution in [0.4, 0.5) is 10.0 Å².